The van der Waals surface area contributed by atoms with Gasteiger partial charge in [0.15, 0.2) is 5.17 Å². The summed E-state index contributed by atoms with van der Waals surface area (Å²) >= 11 is 7.21. The number of hydrazone groups is 1. The van der Waals surface area contributed by atoms with Crippen LogP contribution in [0.15, 0.2) is 89.0 Å². The van der Waals surface area contributed by atoms with Crippen molar-refractivity contribution in [3.63, 3.8) is 0 Å². The van der Waals surface area contributed by atoms with Crippen LogP contribution in [-0.4, -0.2) is 33.0 Å². The third kappa shape index (κ3) is 5.37. The molecule has 0 saturated heterocycles. The Morgan fingerprint density at radius 3 is 2.47 bits per heavy atom. The fraction of sp³-hybridized carbons (Fsp3) is 0.214. The molecule has 0 radical (unpaired) electrons. The summed E-state index contributed by atoms with van der Waals surface area (Å²) in [5, 5.41) is 10.1. The number of carbonyl (C=O) groups is 2. The summed E-state index contributed by atoms with van der Waals surface area (Å²) in [6.45, 7) is 2.13. The molecule has 0 aliphatic carbocycles. The van der Waals surface area contributed by atoms with Gasteiger partial charge in [0.25, 0.3) is 5.91 Å². The molecule has 0 aromatic heterocycles. The maximum absolute atomic E-state index is 12.8. The first kappa shape index (κ1) is 24.3. The van der Waals surface area contributed by atoms with Gasteiger partial charge in [-0.1, -0.05) is 84.9 Å². The minimum Gasteiger partial charge on any atom is -0.326 e. The Hall–Kier alpha value is -3.42. The molecule has 182 valence electrons. The van der Waals surface area contributed by atoms with Crippen molar-refractivity contribution in [3.8, 4) is 0 Å². The van der Waals surface area contributed by atoms with Crippen molar-refractivity contribution >= 4 is 51.7 Å². The number of carbonyl (C=O) groups excluding carboxylic acids is 2. The Bertz CT molecular complexity index is 1320. The predicted molar refractivity (Wildman–Crippen MR) is 147 cm³/mol. The molecule has 1 N–H and O–H groups in total. The van der Waals surface area contributed by atoms with Crippen LogP contribution < -0.4 is 5.32 Å². The highest BCUT2D eigenvalue weighted by molar-refractivity contribution is 8.15. The number of hydrogen-bond donors (Lipinski definition) is 1. The van der Waals surface area contributed by atoms with Crippen LogP contribution in [0.5, 0.6) is 0 Å². The number of amidine groups is 1. The molecule has 8 heteroatoms. The van der Waals surface area contributed by atoms with E-state index in [1.165, 1.54) is 17.3 Å². The molecule has 0 spiro atoms. The van der Waals surface area contributed by atoms with Gasteiger partial charge < -0.3 is 5.32 Å². The van der Waals surface area contributed by atoms with Crippen LogP contribution in [0.25, 0.3) is 0 Å². The van der Waals surface area contributed by atoms with E-state index in [4.69, 9.17) is 16.7 Å². The van der Waals surface area contributed by atoms with Gasteiger partial charge in [-0.3, -0.25) is 9.59 Å². The van der Waals surface area contributed by atoms with Crippen LogP contribution in [0.1, 0.15) is 42.5 Å². The molecule has 2 aliphatic rings. The van der Waals surface area contributed by atoms with Crippen LogP contribution in [0.2, 0.25) is 5.02 Å². The Morgan fingerprint density at radius 2 is 1.78 bits per heavy atom. The van der Waals surface area contributed by atoms with Gasteiger partial charge >= 0.3 is 0 Å². The standard InChI is InChI=1S/C28H25ClN4O2S/c1-2-18-8-10-20(11-9-18)24-16-23(19-6-4-3-5-7-19)32-33(24)28-31-27(35)25(36-28)17-26(34)30-22-14-12-21(29)13-15-22/h3-15,24-25H,2,16-17H2,1H3,(H,30,34)/t24-,25-/m0/s1. The highest BCUT2D eigenvalue weighted by Gasteiger charge is 2.39. The lowest BCUT2D eigenvalue weighted by Crippen LogP contribution is -2.25. The molecule has 0 fully saturated rings. The van der Waals surface area contributed by atoms with E-state index in [0.717, 1.165) is 23.3 Å². The number of thioether (sulfide) groups is 1. The van der Waals surface area contributed by atoms with E-state index in [-0.39, 0.29) is 24.3 Å². The largest absolute Gasteiger partial charge is 0.326 e. The zero-order chi connectivity index (χ0) is 25.1. The lowest BCUT2D eigenvalue weighted by molar-refractivity contribution is -0.121. The smallest absolute Gasteiger partial charge is 0.262 e. The van der Waals surface area contributed by atoms with Crippen molar-refractivity contribution in [2.24, 2.45) is 10.1 Å². The van der Waals surface area contributed by atoms with E-state index in [1.54, 1.807) is 24.3 Å². The second-order valence-electron chi connectivity index (χ2n) is 8.67. The van der Waals surface area contributed by atoms with E-state index in [2.05, 4.69) is 41.5 Å². The quantitative estimate of drug-likeness (QED) is 0.431. The maximum Gasteiger partial charge on any atom is 0.262 e. The fourth-order valence-corrected chi connectivity index (χ4v) is 5.43. The number of benzene rings is 3. The predicted octanol–water partition coefficient (Wildman–Crippen LogP) is 6.08. The van der Waals surface area contributed by atoms with Crippen LogP contribution in [-0.2, 0) is 16.0 Å². The number of aryl methyl sites for hydroxylation is 1. The number of rotatable bonds is 6. The van der Waals surface area contributed by atoms with Gasteiger partial charge in [-0.2, -0.15) is 10.1 Å². The van der Waals surface area contributed by atoms with Gasteiger partial charge in [-0.25, -0.2) is 5.01 Å². The maximum atomic E-state index is 12.8. The molecule has 2 heterocycles. The molecule has 3 aromatic carbocycles. The molecule has 6 nitrogen and oxygen atoms in total. The minimum atomic E-state index is -0.591. The number of hydrogen-bond acceptors (Lipinski definition) is 5. The first-order chi connectivity index (χ1) is 17.5. The van der Waals surface area contributed by atoms with E-state index >= 15 is 0 Å². The molecule has 0 bridgehead atoms. The Morgan fingerprint density at radius 1 is 1.06 bits per heavy atom. The van der Waals surface area contributed by atoms with E-state index in [9.17, 15) is 9.59 Å². The Balaban J connectivity index is 1.34. The van der Waals surface area contributed by atoms with E-state index in [0.29, 0.717) is 22.3 Å². The average molecular weight is 517 g/mol. The van der Waals surface area contributed by atoms with Gasteiger partial charge in [-0.05, 0) is 47.4 Å². The molecule has 2 amide bonds. The van der Waals surface area contributed by atoms with Crippen molar-refractivity contribution in [2.75, 3.05) is 5.32 Å². The molecule has 5 rings (SSSR count). The summed E-state index contributed by atoms with van der Waals surface area (Å²) in [5.74, 6) is -0.564. The average Bonchev–Trinajstić information content (AvgIpc) is 3.50. The lowest BCUT2D eigenvalue weighted by Gasteiger charge is -2.23. The SMILES string of the molecule is CCc1ccc([C@@H]2CC(c3ccccc3)=NN2C2=NC(=O)[C@H](CC(=O)Nc3ccc(Cl)cc3)S2)cc1. The number of aliphatic imine (C=N–C) groups is 1. The summed E-state index contributed by atoms with van der Waals surface area (Å²) < 4.78 is 0. The third-order valence-electron chi connectivity index (χ3n) is 6.21. The second-order valence-corrected chi connectivity index (χ2v) is 10.3. The molecule has 3 aromatic rings. The molecule has 0 saturated carbocycles. The molecule has 0 unspecified atom stereocenters. The fourth-order valence-electron chi connectivity index (χ4n) is 4.25. The van der Waals surface area contributed by atoms with Crippen LogP contribution >= 0.6 is 23.4 Å². The highest BCUT2D eigenvalue weighted by atomic mass is 35.5. The number of halogens is 1. The molecular formula is C28H25ClN4O2S. The molecule has 2 atom stereocenters. The summed E-state index contributed by atoms with van der Waals surface area (Å²) in [7, 11) is 0. The number of amides is 2. The first-order valence-corrected chi connectivity index (χ1v) is 13.1. The zero-order valence-electron chi connectivity index (χ0n) is 19.7. The molecule has 2 aliphatic heterocycles. The van der Waals surface area contributed by atoms with Gasteiger partial charge in [0.2, 0.25) is 5.91 Å². The zero-order valence-corrected chi connectivity index (χ0v) is 21.3. The van der Waals surface area contributed by atoms with E-state index < -0.39 is 5.25 Å². The molecular weight excluding hydrogens is 492 g/mol. The summed E-state index contributed by atoms with van der Waals surface area (Å²) in [6.07, 6.45) is 1.69. The van der Waals surface area contributed by atoms with Crippen molar-refractivity contribution < 1.29 is 9.59 Å². The van der Waals surface area contributed by atoms with Crippen molar-refractivity contribution in [3.05, 3.63) is 101 Å². The third-order valence-corrected chi connectivity index (χ3v) is 7.61. The van der Waals surface area contributed by atoms with Gasteiger partial charge in [-0.15, -0.1) is 0 Å². The number of anilines is 1. The topological polar surface area (TPSA) is 74.1 Å². The van der Waals surface area contributed by atoms with Crippen LogP contribution in [0.3, 0.4) is 0 Å². The van der Waals surface area contributed by atoms with Crippen molar-refractivity contribution in [2.45, 2.75) is 37.5 Å². The minimum absolute atomic E-state index is 0.0259. The lowest BCUT2D eigenvalue weighted by atomic mass is 9.97. The molecule has 36 heavy (non-hydrogen) atoms. The Kier molecular flexibility index (Phi) is 7.20. The summed E-state index contributed by atoms with van der Waals surface area (Å²) in [6, 6.07) is 25.3. The van der Waals surface area contributed by atoms with Crippen LogP contribution in [0, 0.1) is 0 Å². The summed E-state index contributed by atoms with van der Waals surface area (Å²) in [5.41, 5.74) is 5.00. The Labute approximate surface area is 219 Å². The second kappa shape index (κ2) is 10.7. The van der Waals surface area contributed by atoms with Crippen molar-refractivity contribution in [1.29, 1.82) is 0 Å². The van der Waals surface area contributed by atoms with Gasteiger partial charge in [0.05, 0.1) is 11.8 Å². The van der Waals surface area contributed by atoms with Gasteiger partial charge in [0, 0.05) is 23.6 Å². The monoisotopic (exact) mass is 516 g/mol. The number of nitrogens with one attached hydrogen (secondary N) is 1. The van der Waals surface area contributed by atoms with Crippen LogP contribution in [0.4, 0.5) is 5.69 Å². The normalized spacial score (nSPS) is 19.3. The number of nitrogens with zero attached hydrogens (tertiary/aromatic N) is 3. The van der Waals surface area contributed by atoms with E-state index in [1.807, 2.05) is 35.3 Å². The highest BCUT2D eigenvalue weighted by Crippen LogP contribution is 2.38. The summed E-state index contributed by atoms with van der Waals surface area (Å²) in [4.78, 5) is 29.7. The van der Waals surface area contributed by atoms with Crippen molar-refractivity contribution in [1.82, 2.24) is 5.01 Å². The first-order valence-electron chi connectivity index (χ1n) is 11.9. The van der Waals surface area contributed by atoms with Gasteiger partial charge in [0.1, 0.15) is 5.25 Å².